The van der Waals surface area contributed by atoms with Crippen LogP contribution in [0.5, 0.6) is 0 Å². The smallest absolute Gasteiger partial charge is 0.160 e. The number of furan rings is 2. The number of hydrogen-bond donors (Lipinski definition) is 0. The first-order valence-electron chi connectivity index (χ1n) is 16.6. The zero-order chi connectivity index (χ0) is 32.3. The molecule has 230 valence electrons. The van der Waals surface area contributed by atoms with E-state index in [4.69, 9.17) is 8.83 Å². The molecule has 0 aliphatic rings. The molecule has 3 heteroatoms. The molecule has 3 nitrogen and oxygen atoms in total. The van der Waals surface area contributed by atoms with Crippen LogP contribution in [0.3, 0.4) is 0 Å². The summed E-state index contributed by atoms with van der Waals surface area (Å²) in [5, 5.41) is 6.61. The van der Waals surface area contributed by atoms with Crippen molar-refractivity contribution < 1.29 is 8.83 Å². The SMILES string of the molecule is c1ccc(-c2ccc3c(oc4ccccc43)c2N(c2ccc(-c3ccccc3)c3ccccc23)c2cccc3oc4ccccc4c23)cc1. The van der Waals surface area contributed by atoms with Crippen molar-refractivity contribution in [2.45, 2.75) is 0 Å². The third kappa shape index (κ3) is 4.29. The quantitative estimate of drug-likeness (QED) is 0.190. The molecule has 0 atom stereocenters. The Kier molecular flexibility index (Phi) is 6.18. The molecule has 0 saturated carbocycles. The van der Waals surface area contributed by atoms with Gasteiger partial charge in [0.2, 0.25) is 0 Å². The molecule has 0 N–H and O–H groups in total. The van der Waals surface area contributed by atoms with Crippen LogP contribution in [0.4, 0.5) is 17.1 Å². The lowest BCUT2D eigenvalue weighted by Crippen LogP contribution is -2.13. The van der Waals surface area contributed by atoms with Crippen molar-refractivity contribution in [3.8, 4) is 22.3 Å². The number of hydrogen-bond acceptors (Lipinski definition) is 3. The first-order chi connectivity index (χ1) is 24.3. The highest BCUT2D eigenvalue weighted by molar-refractivity contribution is 6.20. The van der Waals surface area contributed by atoms with Crippen molar-refractivity contribution in [3.63, 3.8) is 0 Å². The van der Waals surface area contributed by atoms with E-state index in [1.165, 1.54) is 16.5 Å². The number of rotatable bonds is 5. The lowest BCUT2D eigenvalue weighted by molar-refractivity contribution is 0.668. The summed E-state index contributed by atoms with van der Waals surface area (Å²) >= 11 is 0. The van der Waals surface area contributed by atoms with E-state index in [9.17, 15) is 0 Å². The Bertz CT molecular complexity index is 2830. The minimum atomic E-state index is 0.837. The van der Waals surface area contributed by atoms with Crippen molar-refractivity contribution in [1.82, 2.24) is 0 Å². The van der Waals surface area contributed by atoms with Gasteiger partial charge in [0.1, 0.15) is 16.7 Å². The topological polar surface area (TPSA) is 29.5 Å². The maximum absolute atomic E-state index is 6.89. The van der Waals surface area contributed by atoms with Gasteiger partial charge in [0.25, 0.3) is 0 Å². The standard InChI is InChI=1S/C46H29NO2/c1-3-14-30(15-4-1)32-28-29-39(35-19-8-7-18-34(32)35)47(40-22-13-25-43-44(40)38-21-10-12-24-42(38)48-43)45-33(31-16-5-2-6-17-31)26-27-37-36-20-9-11-23-41(36)49-46(37)45/h1-29H. The maximum atomic E-state index is 6.89. The van der Waals surface area contributed by atoms with Crippen LogP contribution >= 0.6 is 0 Å². The molecule has 2 aromatic heterocycles. The second-order valence-corrected chi connectivity index (χ2v) is 12.4. The average molecular weight is 628 g/mol. The van der Waals surface area contributed by atoms with E-state index in [1.54, 1.807) is 0 Å². The molecule has 0 unspecified atom stereocenters. The first kappa shape index (κ1) is 27.5. The summed E-state index contributed by atoms with van der Waals surface area (Å²) in [6.07, 6.45) is 0. The van der Waals surface area contributed by atoms with Crippen molar-refractivity contribution in [2.75, 3.05) is 4.90 Å². The molecule has 0 bridgehead atoms. The molecule has 0 saturated heterocycles. The Hall–Kier alpha value is -6.58. The fourth-order valence-corrected chi connectivity index (χ4v) is 7.51. The van der Waals surface area contributed by atoms with E-state index >= 15 is 0 Å². The van der Waals surface area contributed by atoms with Crippen LogP contribution < -0.4 is 4.90 Å². The Morgan fingerprint density at radius 3 is 1.65 bits per heavy atom. The van der Waals surface area contributed by atoms with Crippen LogP contribution in [0.25, 0.3) is 76.9 Å². The molecule has 0 aliphatic heterocycles. The zero-order valence-electron chi connectivity index (χ0n) is 26.5. The highest BCUT2D eigenvalue weighted by atomic mass is 16.3. The van der Waals surface area contributed by atoms with Crippen molar-refractivity contribution in [3.05, 3.63) is 176 Å². The minimum absolute atomic E-state index is 0.837. The van der Waals surface area contributed by atoms with Crippen molar-refractivity contribution >= 4 is 71.7 Å². The average Bonchev–Trinajstić information content (AvgIpc) is 3.75. The number of fused-ring (bicyclic) bond motifs is 7. The maximum Gasteiger partial charge on any atom is 0.160 e. The summed E-state index contributed by atoms with van der Waals surface area (Å²) in [5.74, 6) is 0. The Morgan fingerprint density at radius 2 is 0.898 bits per heavy atom. The van der Waals surface area contributed by atoms with E-state index in [2.05, 4.69) is 163 Å². The second kappa shape index (κ2) is 11.0. The van der Waals surface area contributed by atoms with E-state index in [-0.39, 0.29) is 0 Å². The van der Waals surface area contributed by atoms with Crippen LogP contribution in [0.2, 0.25) is 0 Å². The van der Waals surface area contributed by atoms with Crippen LogP contribution in [-0.4, -0.2) is 0 Å². The van der Waals surface area contributed by atoms with Gasteiger partial charge in [-0.25, -0.2) is 0 Å². The second-order valence-electron chi connectivity index (χ2n) is 12.4. The van der Waals surface area contributed by atoms with Gasteiger partial charge in [0, 0.05) is 27.1 Å². The monoisotopic (exact) mass is 627 g/mol. The summed E-state index contributed by atoms with van der Waals surface area (Å²) in [6, 6.07) is 61.9. The third-order valence-corrected chi connectivity index (χ3v) is 9.68. The highest BCUT2D eigenvalue weighted by Gasteiger charge is 2.28. The molecule has 10 aromatic rings. The first-order valence-corrected chi connectivity index (χ1v) is 16.6. The van der Waals surface area contributed by atoms with E-state index < -0.39 is 0 Å². The molecule has 49 heavy (non-hydrogen) atoms. The van der Waals surface area contributed by atoms with E-state index in [0.29, 0.717) is 0 Å². The Morgan fingerprint density at radius 1 is 0.327 bits per heavy atom. The van der Waals surface area contributed by atoms with E-state index in [1.807, 2.05) is 18.2 Å². The minimum Gasteiger partial charge on any atom is -0.456 e. The normalized spacial score (nSPS) is 11.7. The van der Waals surface area contributed by atoms with Gasteiger partial charge in [-0.1, -0.05) is 140 Å². The van der Waals surface area contributed by atoms with Gasteiger partial charge in [-0.05, 0) is 58.5 Å². The molecule has 0 spiro atoms. The number of nitrogens with zero attached hydrogens (tertiary/aromatic N) is 1. The number of para-hydroxylation sites is 2. The predicted molar refractivity (Wildman–Crippen MR) is 204 cm³/mol. The molecule has 0 aliphatic carbocycles. The molecular formula is C46H29NO2. The van der Waals surface area contributed by atoms with Gasteiger partial charge in [0.15, 0.2) is 5.58 Å². The Labute approximate surface area is 282 Å². The molecule has 0 amide bonds. The van der Waals surface area contributed by atoms with Crippen LogP contribution in [0, 0.1) is 0 Å². The lowest BCUT2D eigenvalue weighted by Gasteiger charge is -2.30. The van der Waals surface area contributed by atoms with Crippen molar-refractivity contribution in [2.24, 2.45) is 0 Å². The summed E-state index contributed by atoms with van der Waals surface area (Å²) in [4.78, 5) is 2.41. The van der Waals surface area contributed by atoms with Crippen LogP contribution in [0.15, 0.2) is 185 Å². The van der Waals surface area contributed by atoms with Crippen molar-refractivity contribution in [1.29, 1.82) is 0 Å². The lowest BCUT2D eigenvalue weighted by atomic mass is 9.94. The zero-order valence-corrected chi connectivity index (χ0v) is 26.5. The summed E-state index contributed by atoms with van der Waals surface area (Å²) in [5.41, 5.74) is 11.0. The fraction of sp³-hybridized carbons (Fsp3) is 0. The summed E-state index contributed by atoms with van der Waals surface area (Å²) in [6.45, 7) is 0. The predicted octanol–water partition coefficient (Wildman–Crippen LogP) is 13.4. The molecule has 0 fully saturated rings. The van der Waals surface area contributed by atoms with Gasteiger partial charge in [-0.2, -0.15) is 0 Å². The fourth-order valence-electron chi connectivity index (χ4n) is 7.51. The third-order valence-electron chi connectivity index (χ3n) is 9.68. The van der Waals surface area contributed by atoms with Gasteiger partial charge in [-0.15, -0.1) is 0 Å². The van der Waals surface area contributed by atoms with Crippen LogP contribution in [0.1, 0.15) is 0 Å². The number of anilines is 3. The molecular weight excluding hydrogens is 599 g/mol. The molecule has 8 aromatic carbocycles. The van der Waals surface area contributed by atoms with E-state index in [0.717, 1.165) is 77.5 Å². The van der Waals surface area contributed by atoms with Gasteiger partial charge >= 0.3 is 0 Å². The summed E-state index contributed by atoms with van der Waals surface area (Å²) in [7, 11) is 0. The highest BCUT2D eigenvalue weighted by Crippen LogP contribution is 2.52. The van der Waals surface area contributed by atoms with Gasteiger partial charge in [0.05, 0.1) is 22.4 Å². The molecule has 10 rings (SSSR count). The van der Waals surface area contributed by atoms with Gasteiger partial charge in [-0.3, -0.25) is 0 Å². The Balaban J connectivity index is 1.39. The molecule has 2 heterocycles. The van der Waals surface area contributed by atoms with Crippen LogP contribution in [-0.2, 0) is 0 Å². The summed E-state index contributed by atoms with van der Waals surface area (Å²) < 4.78 is 13.4. The number of benzene rings is 8. The largest absolute Gasteiger partial charge is 0.456 e. The van der Waals surface area contributed by atoms with Gasteiger partial charge < -0.3 is 13.7 Å². The molecule has 0 radical (unpaired) electrons.